The number of carbonyl (C=O) groups excluding carboxylic acids is 1. The molecule has 0 saturated carbocycles. The molecule has 0 aliphatic heterocycles. The van der Waals surface area contributed by atoms with Gasteiger partial charge in [-0.1, -0.05) is 32.0 Å². The van der Waals surface area contributed by atoms with Gasteiger partial charge >= 0.3 is 5.97 Å². The Labute approximate surface area is 120 Å². The summed E-state index contributed by atoms with van der Waals surface area (Å²) < 4.78 is 0. The summed E-state index contributed by atoms with van der Waals surface area (Å²) in [6, 6.07) is 9.09. The third-order valence-corrected chi connectivity index (χ3v) is 3.51. The van der Waals surface area contributed by atoms with Crippen LogP contribution in [0.2, 0.25) is 0 Å². The lowest BCUT2D eigenvalue weighted by molar-refractivity contribution is -0.137. The highest BCUT2D eigenvalue weighted by molar-refractivity contribution is 5.94. The minimum atomic E-state index is -0.760. The second kappa shape index (κ2) is 8.35. The molecule has 1 amide bonds. The number of carboxylic acid groups (broad SMARTS) is 1. The van der Waals surface area contributed by atoms with Gasteiger partial charge in [0.05, 0.1) is 0 Å². The molecule has 0 aromatic heterocycles. The molecule has 0 aliphatic rings. The number of amides is 1. The standard InChI is InChI=1S/C16H23NO3/c1-12(2)13(8-9-15(18)19)10-11-17-16(20)14-6-4-3-5-7-14/h3-7,12-13H,8-11H2,1-2H3,(H,17,20)(H,18,19). The minimum absolute atomic E-state index is 0.0775. The molecule has 0 heterocycles. The van der Waals surface area contributed by atoms with Crippen LogP contribution in [-0.2, 0) is 4.79 Å². The van der Waals surface area contributed by atoms with Gasteiger partial charge in [0.25, 0.3) is 5.91 Å². The van der Waals surface area contributed by atoms with Crippen molar-refractivity contribution in [2.45, 2.75) is 33.1 Å². The normalized spacial score (nSPS) is 12.2. The van der Waals surface area contributed by atoms with Crippen LogP contribution in [0.1, 0.15) is 43.5 Å². The maximum Gasteiger partial charge on any atom is 0.303 e. The molecule has 1 rings (SSSR count). The average Bonchev–Trinajstić information content (AvgIpc) is 2.42. The summed E-state index contributed by atoms with van der Waals surface area (Å²) in [4.78, 5) is 22.5. The van der Waals surface area contributed by atoms with Crippen molar-refractivity contribution in [3.8, 4) is 0 Å². The number of benzene rings is 1. The van der Waals surface area contributed by atoms with Gasteiger partial charge in [0.1, 0.15) is 0 Å². The Balaban J connectivity index is 2.37. The van der Waals surface area contributed by atoms with Gasteiger partial charge < -0.3 is 10.4 Å². The SMILES string of the molecule is CC(C)C(CCNC(=O)c1ccccc1)CCC(=O)O. The lowest BCUT2D eigenvalue weighted by Crippen LogP contribution is -2.27. The predicted molar refractivity (Wildman–Crippen MR) is 78.6 cm³/mol. The molecule has 1 atom stereocenters. The van der Waals surface area contributed by atoms with Crippen molar-refractivity contribution in [1.29, 1.82) is 0 Å². The van der Waals surface area contributed by atoms with E-state index in [1.54, 1.807) is 12.1 Å². The highest BCUT2D eigenvalue weighted by atomic mass is 16.4. The molecule has 4 nitrogen and oxygen atoms in total. The topological polar surface area (TPSA) is 66.4 Å². The van der Waals surface area contributed by atoms with Crippen molar-refractivity contribution in [2.75, 3.05) is 6.54 Å². The van der Waals surface area contributed by atoms with E-state index in [-0.39, 0.29) is 12.3 Å². The highest BCUT2D eigenvalue weighted by Crippen LogP contribution is 2.20. The van der Waals surface area contributed by atoms with E-state index >= 15 is 0 Å². The fourth-order valence-corrected chi connectivity index (χ4v) is 2.18. The summed E-state index contributed by atoms with van der Waals surface area (Å²) in [7, 11) is 0. The van der Waals surface area contributed by atoms with E-state index in [0.717, 1.165) is 6.42 Å². The lowest BCUT2D eigenvalue weighted by atomic mass is 9.88. The molecule has 0 fully saturated rings. The third-order valence-electron chi connectivity index (χ3n) is 3.51. The third kappa shape index (κ3) is 5.87. The first kappa shape index (κ1) is 16.2. The first-order valence-corrected chi connectivity index (χ1v) is 7.05. The smallest absolute Gasteiger partial charge is 0.303 e. The number of carbonyl (C=O) groups is 2. The first-order valence-electron chi connectivity index (χ1n) is 7.05. The van der Waals surface area contributed by atoms with Crippen LogP contribution < -0.4 is 5.32 Å². The molecular formula is C16H23NO3. The van der Waals surface area contributed by atoms with Crippen LogP contribution in [0.25, 0.3) is 0 Å². The van der Waals surface area contributed by atoms with Crippen molar-refractivity contribution < 1.29 is 14.7 Å². The van der Waals surface area contributed by atoms with Crippen LogP contribution in [-0.4, -0.2) is 23.5 Å². The molecular weight excluding hydrogens is 254 g/mol. The van der Waals surface area contributed by atoms with E-state index in [9.17, 15) is 9.59 Å². The summed E-state index contributed by atoms with van der Waals surface area (Å²) in [6.07, 6.45) is 1.66. The summed E-state index contributed by atoms with van der Waals surface area (Å²) in [5, 5.41) is 11.6. The summed E-state index contributed by atoms with van der Waals surface area (Å²) in [5.74, 6) is -0.0968. The molecule has 0 bridgehead atoms. The van der Waals surface area contributed by atoms with Gasteiger partial charge in [-0.05, 0) is 36.8 Å². The zero-order chi connectivity index (χ0) is 15.0. The van der Waals surface area contributed by atoms with Gasteiger partial charge in [0.15, 0.2) is 0 Å². The molecule has 0 aliphatic carbocycles. The number of aliphatic carboxylic acids is 1. The maximum atomic E-state index is 11.9. The maximum absolute atomic E-state index is 11.9. The summed E-state index contributed by atoms with van der Waals surface area (Å²) in [5.41, 5.74) is 0.652. The zero-order valence-corrected chi connectivity index (χ0v) is 12.1. The van der Waals surface area contributed by atoms with Crippen molar-refractivity contribution in [3.05, 3.63) is 35.9 Å². The van der Waals surface area contributed by atoms with Crippen LogP contribution in [0, 0.1) is 11.8 Å². The van der Waals surface area contributed by atoms with Crippen molar-refractivity contribution >= 4 is 11.9 Å². The monoisotopic (exact) mass is 277 g/mol. The molecule has 2 N–H and O–H groups in total. The Morgan fingerprint density at radius 2 is 1.80 bits per heavy atom. The molecule has 4 heteroatoms. The number of carboxylic acids is 1. The van der Waals surface area contributed by atoms with Crippen molar-refractivity contribution in [3.63, 3.8) is 0 Å². The second-order valence-corrected chi connectivity index (χ2v) is 5.35. The van der Waals surface area contributed by atoms with E-state index in [0.29, 0.717) is 30.4 Å². The fraction of sp³-hybridized carbons (Fsp3) is 0.500. The van der Waals surface area contributed by atoms with Gasteiger partial charge in [0.2, 0.25) is 0 Å². The minimum Gasteiger partial charge on any atom is -0.481 e. The van der Waals surface area contributed by atoms with Gasteiger partial charge in [0, 0.05) is 18.5 Å². The van der Waals surface area contributed by atoms with E-state index in [1.807, 2.05) is 18.2 Å². The predicted octanol–water partition coefficient (Wildman–Crippen LogP) is 2.94. The Hall–Kier alpha value is -1.84. The molecule has 1 aromatic rings. The Morgan fingerprint density at radius 3 is 2.35 bits per heavy atom. The number of hydrogen-bond donors (Lipinski definition) is 2. The Morgan fingerprint density at radius 1 is 1.15 bits per heavy atom. The quantitative estimate of drug-likeness (QED) is 0.767. The van der Waals surface area contributed by atoms with Gasteiger partial charge in [-0.25, -0.2) is 0 Å². The molecule has 1 unspecified atom stereocenters. The number of nitrogens with one attached hydrogen (secondary N) is 1. The van der Waals surface area contributed by atoms with E-state index < -0.39 is 5.97 Å². The van der Waals surface area contributed by atoms with E-state index in [4.69, 9.17) is 5.11 Å². The van der Waals surface area contributed by atoms with Crippen LogP contribution >= 0.6 is 0 Å². The largest absolute Gasteiger partial charge is 0.481 e. The first-order chi connectivity index (χ1) is 9.50. The van der Waals surface area contributed by atoms with Crippen LogP contribution in [0.15, 0.2) is 30.3 Å². The Kier molecular flexibility index (Phi) is 6.77. The second-order valence-electron chi connectivity index (χ2n) is 5.35. The van der Waals surface area contributed by atoms with Crippen molar-refractivity contribution in [1.82, 2.24) is 5.32 Å². The molecule has 1 aromatic carbocycles. The highest BCUT2D eigenvalue weighted by Gasteiger charge is 2.15. The van der Waals surface area contributed by atoms with E-state index in [1.165, 1.54) is 0 Å². The molecule has 20 heavy (non-hydrogen) atoms. The van der Waals surface area contributed by atoms with Crippen molar-refractivity contribution in [2.24, 2.45) is 11.8 Å². The van der Waals surface area contributed by atoms with Crippen LogP contribution in [0.4, 0.5) is 0 Å². The number of rotatable bonds is 8. The van der Waals surface area contributed by atoms with Gasteiger partial charge in [-0.3, -0.25) is 9.59 Å². The summed E-state index contributed by atoms with van der Waals surface area (Å²) >= 11 is 0. The lowest BCUT2D eigenvalue weighted by Gasteiger charge is -2.20. The fourth-order valence-electron chi connectivity index (χ4n) is 2.18. The van der Waals surface area contributed by atoms with E-state index in [2.05, 4.69) is 19.2 Å². The zero-order valence-electron chi connectivity index (χ0n) is 12.1. The average molecular weight is 277 g/mol. The van der Waals surface area contributed by atoms with Gasteiger partial charge in [-0.2, -0.15) is 0 Å². The Bertz CT molecular complexity index is 429. The molecule has 110 valence electrons. The van der Waals surface area contributed by atoms with Gasteiger partial charge in [-0.15, -0.1) is 0 Å². The molecule has 0 spiro atoms. The number of hydrogen-bond acceptors (Lipinski definition) is 2. The van der Waals surface area contributed by atoms with Crippen LogP contribution in [0.3, 0.4) is 0 Å². The molecule has 0 saturated heterocycles. The van der Waals surface area contributed by atoms with Crippen LogP contribution in [0.5, 0.6) is 0 Å². The summed E-state index contributed by atoms with van der Waals surface area (Å²) in [6.45, 7) is 4.76. The molecule has 0 radical (unpaired) electrons.